The maximum absolute atomic E-state index is 13.6. The average Bonchev–Trinajstić information content (AvgIpc) is 3.68. The smallest absolute Gasteiger partial charge is 0.326 e. The van der Waals surface area contributed by atoms with Gasteiger partial charge in [0.1, 0.15) is 23.9 Å². The molecule has 0 spiro atoms. The molecule has 0 saturated carbocycles. The highest BCUT2D eigenvalue weighted by Crippen LogP contribution is 2.30. The standard InChI is InChI=1S/C42H51N5O8S/c1-6-7-8-9-10-21-55-31-17-15-28(16-18-31)30-24-43-37(44-25-30)29-13-11-27(12-14-29)22-32(46-39(50)34-19-20-35(56-34)42(3,4)5)38(49)47-33(41(53)54)23-36(48)45-26(2)40(51)52/h11-20,24-26,32-33H,6-10,21-23H2,1-5H3,(H,45,48)(H,46,50)(H,47,49)(H,51,52)(H,53,54). The van der Waals surface area contributed by atoms with Crippen LogP contribution in [-0.4, -0.2) is 74.6 Å². The van der Waals surface area contributed by atoms with Crippen LogP contribution < -0.4 is 20.7 Å². The molecule has 3 amide bonds. The first-order valence-corrected chi connectivity index (χ1v) is 19.6. The number of thiophene rings is 1. The number of carboxylic acids is 2. The van der Waals surface area contributed by atoms with Crippen LogP contribution in [0, 0.1) is 0 Å². The first-order valence-electron chi connectivity index (χ1n) is 18.8. The van der Waals surface area contributed by atoms with E-state index in [1.54, 1.807) is 42.7 Å². The molecule has 2 aromatic heterocycles. The minimum Gasteiger partial charge on any atom is -0.494 e. The van der Waals surface area contributed by atoms with E-state index in [4.69, 9.17) is 9.84 Å². The zero-order chi connectivity index (χ0) is 40.8. The Kier molecular flexibility index (Phi) is 15.7. The second kappa shape index (κ2) is 20.3. The van der Waals surface area contributed by atoms with Gasteiger partial charge in [-0.2, -0.15) is 0 Å². The molecule has 3 unspecified atom stereocenters. The highest BCUT2D eigenvalue weighted by Gasteiger charge is 2.30. The van der Waals surface area contributed by atoms with Crippen molar-refractivity contribution in [3.8, 4) is 28.3 Å². The minimum absolute atomic E-state index is 0.0116. The van der Waals surface area contributed by atoms with Gasteiger partial charge in [-0.05, 0) is 54.2 Å². The number of carbonyl (C=O) groups is 5. The second-order valence-electron chi connectivity index (χ2n) is 14.7. The minimum atomic E-state index is -1.68. The fourth-order valence-corrected chi connectivity index (χ4v) is 6.58. The average molecular weight is 786 g/mol. The Morgan fingerprint density at radius 2 is 1.39 bits per heavy atom. The molecule has 0 aliphatic rings. The van der Waals surface area contributed by atoms with Crippen LogP contribution in [0.15, 0.2) is 73.1 Å². The van der Waals surface area contributed by atoms with Gasteiger partial charge in [-0.15, -0.1) is 11.3 Å². The van der Waals surface area contributed by atoms with E-state index < -0.39 is 54.2 Å². The van der Waals surface area contributed by atoms with Crippen molar-refractivity contribution in [2.75, 3.05) is 6.61 Å². The summed E-state index contributed by atoms with van der Waals surface area (Å²) in [5, 5.41) is 26.2. The summed E-state index contributed by atoms with van der Waals surface area (Å²) in [4.78, 5) is 73.1. The molecule has 0 saturated heterocycles. The lowest BCUT2D eigenvalue weighted by Crippen LogP contribution is -2.53. The summed E-state index contributed by atoms with van der Waals surface area (Å²) in [6.07, 6.45) is 8.65. The van der Waals surface area contributed by atoms with Gasteiger partial charge in [0.25, 0.3) is 5.91 Å². The molecule has 13 nitrogen and oxygen atoms in total. The molecular weight excluding hydrogens is 735 g/mol. The van der Waals surface area contributed by atoms with Gasteiger partial charge in [-0.1, -0.05) is 89.8 Å². The number of amides is 3. The Balaban J connectivity index is 1.45. The molecule has 4 rings (SSSR count). The first kappa shape index (κ1) is 43.1. The SMILES string of the molecule is CCCCCCCOc1ccc(-c2cnc(-c3ccc(CC(NC(=O)c4ccc(C(C)(C)C)s4)C(=O)NC(CC(=O)NC(C)C(=O)O)C(=O)O)cc3)nc2)cc1. The molecule has 0 radical (unpaired) electrons. The van der Waals surface area contributed by atoms with Gasteiger partial charge >= 0.3 is 11.9 Å². The van der Waals surface area contributed by atoms with Crippen molar-refractivity contribution in [3.63, 3.8) is 0 Å². The van der Waals surface area contributed by atoms with Gasteiger partial charge < -0.3 is 30.9 Å². The fourth-order valence-electron chi connectivity index (χ4n) is 5.61. The van der Waals surface area contributed by atoms with Gasteiger partial charge in [-0.25, -0.2) is 14.8 Å². The molecule has 0 fully saturated rings. The number of hydrogen-bond acceptors (Lipinski definition) is 9. The van der Waals surface area contributed by atoms with Crippen LogP contribution in [0.1, 0.15) is 93.3 Å². The highest BCUT2D eigenvalue weighted by molar-refractivity contribution is 7.14. The van der Waals surface area contributed by atoms with Crippen LogP contribution in [-0.2, 0) is 31.0 Å². The molecule has 0 aliphatic heterocycles. The van der Waals surface area contributed by atoms with Crippen molar-refractivity contribution < 1.29 is 38.9 Å². The molecule has 2 aromatic carbocycles. The Morgan fingerprint density at radius 1 is 0.750 bits per heavy atom. The van der Waals surface area contributed by atoms with E-state index in [9.17, 15) is 29.1 Å². The van der Waals surface area contributed by atoms with Crippen molar-refractivity contribution in [1.82, 2.24) is 25.9 Å². The van der Waals surface area contributed by atoms with Crippen LogP contribution in [0.3, 0.4) is 0 Å². The van der Waals surface area contributed by atoms with Gasteiger partial charge in [-0.3, -0.25) is 19.2 Å². The van der Waals surface area contributed by atoms with Gasteiger partial charge in [0.15, 0.2) is 5.82 Å². The Bertz CT molecular complexity index is 1940. The van der Waals surface area contributed by atoms with Crippen molar-refractivity contribution in [2.45, 2.75) is 103 Å². The maximum atomic E-state index is 13.6. The maximum Gasteiger partial charge on any atom is 0.326 e. The monoisotopic (exact) mass is 785 g/mol. The number of nitrogens with zero attached hydrogens (tertiary/aromatic N) is 2. The lowest BCUT2D eigenvalue weighted by molar-refractivity contribution is -0.144. The molecular formula is C42H51N5O8S. The van der Waals surface area contributed by atoms with E-state index in [-0.39, 0.29) is 11.8 Å². The van der Waals surface area contributed by atoms with Crippen molar-refractivity contribution in [2.24, 2.45) is 0 Å². The number of aromatic nitrogens is 2. The molecule has 2 heterocycles. The van der Waals surface area contributed by atoms with E-state index in [1.165, 1.54) is 43.9 Å². The summed E-state index contributed by atoms with van der Waals surface area (Å²) < 4.78 is 5.88. The summed E-state index contributed by atoms with van der Waals surface area (Å²) in [6, 6.07) is 14.3. The van der Waals surface area contributed by atoms with Crippen LogP contribution in [0.2, 0.25) is 0 Å². The quantitative estimate of drug-likeness (QED) is 0.0625. The van der Waals surface area contributed by atoms with Crippen LogP contribution in [0.4, 0.5) is 0 Å². The highest BCUT2D eigenvalue weighted by atomic mass is 32.1. The van der Waals surface area contributed by atoms with Crippen LogP contribution >= 0.6 is 11.3 Å². The van der Waals surface area contributed by atoms with Crippen molar-refractivity contribution >= 4 is 41.0 Å². The summed E-state index contributed by atoms with van der Waals surface area (Å²) in [6.45, 7) is 10.2. The predicted octanol–water partition coefficient (Wildman–Crippen LogP) is 6.41. The van der Waals surface area contributed by atoms with E-state index in [1.807, 2.05) is 51.1 Å². The normalized spacial score (nSPS) is 12.9. The zero-order valence-electron chi connectivity index (χ0n) is 32.5. The Morgan fingerprint density at radius 3 is 1.98 bits per heavy atom. The number of carboxylic acid groups (broad SMARTS) is 2. The number of aliphatic carboxylic acids is 2. The number of nitrogens with one attached hydrogen (secondary N) is 3. The lowest BCUT2D eigenvalue weighted by Gasteiger charge is -2.22. The summed E-state index contributed by atoms with van der Waals surface area (Å²) in [5.41, 5.74) is 2.96. The zero-order valence-corrected chi connectivity index (χ0v) is 33.3. The number of rotatable bonds is 20. The largest absolute Gasteiger partial charge is 0.494 e. The summed E-state index contributed by atoms with van der Waals surface area (Å²) in [7, 11) is 0. The van der Waals surface area contributed by atoms with E-state index >= 15 is 0 Å². The molecule has 56 heavy (non-hydrogen) atoms. The van der Waals surface area contributed by atoms with Gasteiger partial charge in [0, 0.05) is 34.8 Å². The lowest BCUT2D eigenvalue weighted by atomic mass is 9.95. The molecule has 298 valence electrons. The summed E-state index contributed by atoms with van der Waals surface area (Å²) >= 11 is 1.29. The molecule has 3 atom stereocenters. The number of unbranched alkanes of at least 4 members (excludes halogenated alkanes) is 4. The Labute approximate surface area is 331 Å². The number of ether oxygens (including phenoxy) is 1. The fraction of sp³-hybridized carbons (Fsp3) is 0.405. The van der Waals surface area contributed by atoms with Gasteiger partial charge in [0.2, 0.25) is 11.8 Å². The Hall–Kier alpha value is -5.63. The third-order valence-electron chi connectivity index (χ3n) is 8.95. The van der Waals surface area contributed by atoms with E-state index in [0.29, 0.717) is 28.4 Å². The second-order valence-corrected chi connectivity index (χ2v) is 15.7. The molecule has 5 N–H and O–H groups in total. The molecule has 0 bridgehead atoms. The number of benzene rings is 2. The first-order chi connectivity index (χ1) is 26.6. The van der Waals surface area contributed by atoms with Gasteiger partial charge in [0.05, 0.1) is 17.9 Å². The third kappa shape index (κ3) is 13.0. The summed E-state index contributed by atoms with van der Waals surface area (Å²) in [5.74, 6) is -3.72. The van der Waals surface area contributed by atoms with Crippen LogP contribution in [0.25, 0.3) is 22.5 Å². The third-order valence-corrected chi connectivity index (χ3v) is 10.5. The predicted molar refractivity (Wildman–Crippen MR) is 215 cm³/mol. The van der Waals surface area contributed by atoms with Crippen LogP contribution in [0.5, 0.6) is 5.75 Å². The number of carbonyl (C=O) groups excluding carboxylic acids is 3. The number of hydrogen-bond donors (Lipinski definition) is 5. The topological polar surface area (TPSA) is 197 Å². The molecule has 14 heteroatoms. The van der Waals surface area contributed by atoms with E-state index in [2.05, 4.69) is 32.8 Å². The van der Waals surface area contributed by atoms with Crippen molar-refractivity contribution in [1.29, 1.82) is 0 Å². The molecule has 4 aromatic rings. The molecule has 0 aliphatic carbocycles. The van der Waals surface area contributed by atoms with Crippen molar-refractivity contribution in [3.05, 3.63) is 88.4 Å². The van der Waals surface area contributed by atoms with E-state index in [0.717, 1.165) is 28.2 Å².